The second-order valence-corrected chi connectivity index (χ2v) is 6.29. The number of hydrogen-bond acceptors (Lipinski definition) is 2. The second kappa shape index (κ2) is 3.07. The molecular formula is C13H20O2. The van der Waals surface area contributed by atoms with E-state index in [1.807, 2.05) is 0 Å². The smallest absolute Gasteiger partial charge is 0.133 e. The van der Waals surface area contributed by atoms with E-state index in [1.165, 1.54) is 12.8 Å². The van der Waals surface area contributed by atoms with E-state index in [2.05, 4.69) is 13.8 Å². The number of carbonyl (C=O) groups is 1. The lowest BCUT2D eigenvalue weighted by atomic mass is 9.57. The summed E-state index contributed by atoms with van der Waals surface area (Å²) in [7, 11) is 0. The minimum atomic E-state index is 0.171. The summed E-state index contributed by atoms with van der Waals surface area (Å²) in [4.78, 5) is 11.8. The summed E-state index contributed by atoms with van der Waals surface area (Å²) in [5, 5.41) is 0. The van der Waals surface area contributed by atoms with Crippen LogP contribution in [0.25, 0.3) is 0 Å². The zero-order valence-electron chi connectivity index (χ0n) is 9.66. The summed E-state index contributed by atoms with van der Waals surface area (Å²) < 4.78 is 5.94. The van der Waals surface area contributed by atoms with Crippen LogP contribution in [-0.4, -0.2) is 18.5 Å². The van der Waals surface area contributed by atoms with Crippen molar-refractivity contribution >= 4 is 5.78 Å². The molecule has 2 nitrogen and oxygen atoms in total. The van der Waals surface area contributed by atoms with Crippen molar-refractivity contribution < 1.29 is 9.53 Å². The molecule has 0 unspecified atom stereocenters. The van der Waals surface area contributed by atoms with E-state index in [0.29, 0.717) is 23.7 Å². The monoisotopic (exact) mass is 208 g/mol. The highest BCUT2D eigenvalue weighted by Gasteiger charge is 2.55. The van der Waals surface area contributed by atoms with Crippen molar-refractivity contribution in [1.82, 2.24) is 0 Å². The van der Waals surface area contributed by atoms with Crippen LogP contribution in [0, 0.1) is 23.2 Å². The van der Waals surface area contributed by atoms with Crippen molar-refractivity contribution in [3.63, 3.8) is 0 Å². The van der Waals surface area contributed by atoms with Crippen LogP contribution in [0.2, 0.25) is 0 Å². The molecule has 3 aliphatic rings. The van der Waals surface area contributed by atoms with Crippen molar-refractivity contribution in [2.24, 2.45) is 23.2 Å². The van der Waals surface area contributed by atoms with Gasteiger partial charge in [0, 0.05) is 18.3 Å². The van der Waals surface area contributed by atoms with Crippen LogP contribution < -0.4 is 0 Å². The van der Waals surface area contributed by atoms with Crippen LogP contribution in [0.3, 0.4) is 0 Å². The van der Waals surface area contributed by atoms with Gasteiger partial charge in [-0.1, -0.05) is 13.8 Å². The normalized spacial score (nSPS) is 54.1. The summed E-state index contributed by atoms with van der Waals surface area (Å²) >= 11 is 0. The molecule has 0 aromatic heterocycles. The molecule has 5 atom stereocenters. The van der Waals surface area contributed by atoms with Gasteiger partial charge in [0.15, 0.2) is 0 Å². The minimum Gasteiger partial charge on any atom is -0.377 e. The molecule has 1 heterocycles. The fraction of sp³-hybridized carbons (Fsp3) is 0.923. The molecule has 0 N–H and O–H groups in total. The van der Waals surface area contributed by atoms with Gasteiger partial charge >= 0.3 is 0 Å². The van der Waals surface area contributed by atoms with Crippen LogP contribution in [0.4, 0.5) is 0 Å². The topological polar surface area (TPSA) is 26.3 Å². The molecule has 0 bridgehead atoms. The van der Waals surface area contributed by atoms with Crippen LogP contribution >= 0.6 is 0 Å². The van der Waals surface area contributed by atoms with Gasteiger partial charge in [0.05, 0.1) is 12.7 Å². The Bertz CT molecular complexity index is 299. The van der Waals surface area contributed by atoms with E-state index in [1.54, 1.807) is 0 Å². The van der Waals surface area contributed by atoms with Gasteiger partial charge in [-0.05, 0) is 30.6 Å². The van der Waals surface area contributed by atoms with Crippen molar-refractivity contribution in [2.45, 2.75) is 45.6 Å². The molecule has 0 spiro atoms. The molecule has 2 aliphatic carbocycles. The Kier molecular flexibility index (Phi) is 2.01. The van der Waals surface area contributed by atoms with Gasteiger partial charge in [0.25, 0.3) is 0 Å². The Morgan fingerprint density at radius 2 is 2.20 bits per heavy atom. The van der Waals surface area contributed by atoms with E-state index in [0.717, 1.165) is 25.4 Å². The van der Waals surface area contributed by atoms with Gasteiger partial charge in [-0.2, -0.15) is 0 Å². The van der Waals surface area contributed by atoms with Crippen LogP contribution in [0.15, 0.2) is 0 Å². The number of ketones is 1. The number of ether oxygens (including phenoxy) is 1. The molecule has 2 heteroatoms. The Labute approximate surface area is 91.4 Å². The Morgan fingerprint density at radius 3 is 3.00 bits per heavy atom. The molecule has 0 radical (unpaired) electrons. The molecule has 0 amide bonds. The molecule has 0 aromatic rings. The van der Waals surface area contributed by atoms with E-state index in [-0.39, 0.29) is 5.41 Å². The highest BCUT2D eigenvalue weighted by atomic mass is 16.5. The summed E-state index contributed by atoms with van der Waals surface area (Å²) in [5.74, 6) is 2.50. The first-order chi connectivity index (χ1) is 7.08. The molecular weight excluding hydrogens is 188 g/mol. The van der Waals surface area contributed by atoms with Crippen LogP contribution in [-0.2, 0) is 9.53 Å². The highest BCUT2D eigenvalue weighted by molar-refractivity contribution is 5.80. The van der Waals surface area contributed by atoms with Crippen molar-refractivity contribution in [2.75, 3.05) is 6.61 Å². The maximum Gasteiger partial charge on any atom is 0.133 e. The van der Waals surface area contributed by atoms with E-state index in [4.69, 9.17) is 4.74 Å². The third-order valence-corrected chi connectivity index (χ3v) is 4.77. The number of rotatable bonds is 0. The third kappa shape index (κ3) is 1.37. The summed E-state index contributed by atoms with van der Waals surface area (Å²) in [6.45, 7) is 5.38. The zero-order chi connectivity index (χ0) is 10.6. The van der Waals surface area contributed by atoms with Gasteiger partial charge in [-0.3, -0.25) is 4.79 Å². The number of carbonyl (C=O) groups excluding carboxylic acids is 1. The summed E-state index contributed by atoms with van der Waals surface area (Å²) in [5.41, 5.74) is 0.171. The lowest BCUT2D eigenvalue weighted by molar-refractivity contribution is -0.128. The molecule has 2 saturated carbocycles. The first-order valence-corrected chi connectivity index (χ1v) is 6.22. The van der Waals surface area contributed by atoms with Gasteiger partial charge in [0.1, 0.15) is 5.78 Å². The molecule has 0 aromatic carbocycles. The first-order valence-electron chi connectivity index (χ1n) is 6.22. The first kappa shape index (κ1) is 9.83. The number of Topliss-reactive ketones (excluding diaryl/α,β-unsaturated/α-hetero) is 1. The zero-order valence-corrected chi connectivity index (χ0v) is 9.66. The SMILES string of the molecule is C[C@H]1C[C@H]2CC(=O)C[C@@]3(C)CO[C@@H](C1)[C@@H]23. The molecule has 1 aliphatic heterocycles. The Hall–Kier alpha value is -0.370. The van der Waals surface area contributed by atoms with Gasteiger partial charge in [0.2, 0.25) is 0 Å². The van der Waals surface area contributed by atoms with Crippen molar-refractivity contribution in [1.29, 1.82) is 0 Å². The van der Waals surface area contributed by atoms with E-state index >= 15 is 0 Å². The second-order valence-electron chi connectivity index (χ2n) is 6.29. The molecule has 3 fully saturated rings. The molecule has 3 rings (SSSR count). The fourth-order valence-corrected chi connectivity index (χ4v) is 4.38. The molecule has 84 valence electrons. The quantitative estimate of drug-likeness (QED) is 0.611. The number of hydrogen-bond donors (Lipinski definition) is 0. The Morgan fingerprint density at radius 1 is 1.40 bits per heavy atom. The summed E-state index contributed by atoms with van der Waals surface area (Å²) in [6, 6.07) is 0. The minimum absolute atomic E-state index is 0.171. The van der Waals surface area contributed by atoms with E-state index < -0.39 is 0 Å². The average molecular weight is 208 g/mol. The lowest BCUT2D eigenvalue weighted by Crippen LogP contribution is -2.46. The lowest BCUT2D eigenvalue weighted by Gasteiger charge is -2.45. The van der Waals surface area contributed by atoms with Crippen LogP contribution in [0.1, 0.15) is 39.5 Å². The molecule has 1 saturated heterocycles. The molecule has 15 heavy (non-hydrogen) atoms. The van der Waals surface area contributed by atoms with Crippen molar-refractivity contribution in [3.05, 3.63) is 0 Å². The predicted molar refractivity (Wildman–Crippen MR) is 57.5 cm³/mol. The van der Waals surface area contributed by atoms with E-state index in [9.17, 15) is 4.79 Å². The highest BCUT2D eigenvalue weighted by Crippen LogP contribution is 2.55. The maximum absolute atomic E-state index is 11.8. The summed E-state index contributed by atoms with van der Waals surface area (Å²) in [6.07, 6.45) is 4.50. The Balaban J connectivity index is 1.93. The third-order valence-electron chi connectivity index (χ3n) is 4.77. The van der Waals surface area contributed by atoms with Gasteiger partial charge < -0.3 is 4.74 Å². The van der Waals surface area contributed by atoms with Gasteiger partial charge in [-0.25, -0.2) is 0 Å². The van der Waals surface area contributed by atoms with Gasteiger partial charge in [-0.15, -0.1) is 0 Å². The standard InChI is InChI=1S/C13H20O2/c1-8-3-9-5-10(14)6-13(2)7-15-11(4-8)12(9)13/h8-9,11-12H,3-7H2,1-2H3/t8-,9-,11-,12+,13-/m0/s1. The fourth-order valence-electron chi connectivity index (χ4n) is 4.38. The van der Waals surface area contributed by atoms with Crippen molar-refractivity contribution in [3.8, 4) is 0 Å². The largest absolute Gasteiger partial charge is 0.377 e. The van der Waals surface area contributed by atoms with Crippen LogP contribution in [0.5, 0.6) is 0 Å². The predicted octanol–water partition coefficient (Wildman–Crippen LogP) is 2.42. The maximum atomic E-state index is 11.8. The average Bonchev–Trinajstić information content (AvgIpc) is 2.42.